The summed E-state index contributed by atoms with van der Waals surface area (Å²) in [5, 5.41) is 6.61. The number of rotatable bonds is 5. The fourth-order valence-electron chi connectivity index (χ4n) is 2.11. The third-order valence-corrected chi connectivity index (χ3v) is 4.64. The highest BCUT2D eigenvalue weighted by Crippen LogP contribution is 2.26. The van der Waals surface area contributed by atoms with Gasteiger partial charge in [0, 0.05) is 22.5 Å². The fraction of sp³-hybridized carbons (Fsp3) is 0.375. The van der Waals surface area contributed by atoms with Gasteiger partial charge in [-0.1, -0.05) is 43.6 Å². The number of benzene rings is 1. The predicted octanol–water partition coefficient (Wildman–Crippen LogP) is 5.20. The molecule has 3 heteroatoms. The molecule has 0 aliphatic carbocycles. The van der Waals surface area contributed by atoms with Gasteiger partial charge < -0.3 is 5.32 Å². The van der Waals surface area contributed by atoms with E-state index in [4.69, 9.17) is 11.6 Å². The minimum Gasteiger partial charge on any atom is -0.305 e. The van der Waals surface area contributed by atoms with E-state index < -0.39 is 0 Å². The van der Waals surface area contributed by atoms with E-state index in [2.05, 4.69) is 54.9 Å². The van der Waals surface area contributed by atoms with E-state index in [1.54, 1.807) is 0 Å². The van der Waals surface area contributed by atoms with Crippen LogP contribution in [0, 0.1) is 12.8 Å². The van der Waals surface area contributed by atoms with E-state index in [0.717, 1.165) is 17.1 Å². The Labute approximate surface area is 124 Å². The summed E-state index contributed by atoms with van der Waals surface area (Å²) >= 11 is 7.98. The molecule has 1 atom stereocenters. The maximum Gasteiger partial charge on any atom is 0.0440 e. The molecule has 0 fully saturated rings. The topological polar surface area (TPSA) is 12.0 Å². The van der Waals surface area contributed by atoms with Crippen molar-refractivity contribution in [2.45, 2.75) is 33.4 Å². The van der Waals surface area contributed by atoms with Gasteiger partial charge in [0.05, 0.1) is 0 Å². The van der Waals surface area contributed by atoms with Gasteiger partial charge in [-0.05, 0) is 41.5 Å². The summed E-state index contributed by atoms with van der Waals surface area (Å²) in [5.41, 5.74) is 2.36. The van der Waals surface area contributed by atoms with Crippen LogP contribution in [0.5, 0.6) is 0 Å². The summed E-state index contributed by atoms with van der Waals surface area (Å²) in [6.07, 6.45) is 0. The Morgan fingerprint density at radius 2 is 2.05 bits per heavy atom. The highest BCUT2D eigenvalue weighted by atomic mass is 35.5. The predicted molar refractivity (Wildman–Crippen MR) is 84.9 cm³/mol. The molecule has 0 amide bonds. The van der Waals surface area contributed by atoms with Crippen molar-refractivity contribution in [1.29, 1.82) is 0 Å². The summed E-state index contributed by atoms with van der Waals surface area (Å²) in [5.74, 6) is 0.569. The van der Waals surface area contributed by atoms with Crippen molar-refractivity contribution in [2.75, 3.05) is 0 Å². The molecule has 0 aliphatic heterocycles. The van der Waals surface area contributed by atoms with Crippen molar-refractivity contribution in [1.82, 2.24) is 5.32 Å². The minimum absolute atomic E-state index is 0.403. The first kappa shape index (κ1) is 14.6. The highest BCUT2D eigenvalue weighted by molar-refractivity contribution is 7.10. The van der Waals surface area contributed by atoms with Crippen LogP contribution in [0.4, 0.5) is 0 Å². The normalized spacial score (nSPS) is 12.9. The molecule has 0 saturated heterocycles. The zero-order valence-corrected chi connectivity index (χ0v) is 13.2. The summed E-state index contributed by atoms with van der Waals surface area (Å²) in [6, 6.07) is 11.0. The van der Waals surface area contributed by atoms with Gasteiger partial charge in [-0.2, -0.15) is 0 Å². The quantitative estimate of drug-likeness (QED) is 0.799. The lowest BCUT2D eigenvalue weighted by Gasteiger charge is -2.21. The molecule has 1 heterocycles. The number of halogens is 1. The van der Waals surface area contributed by atoms with Crippen LogP contribution in [0.1, 0.15) is 35.9 Å². The van der Waals surface area contributed by atoms with Gasteiger partial charge in [0.1, 0.15) is 0 Å². The van der Waals surface area contributed by atoms with Crippen molar-refractivity contribution in [2.24, 2.45) is 5.92 Å². The van der Waals surface area contributed by atoms with Crippen LogP contribution in [-0.4, -0.2) is 0 Å². The molecule has 0 spiro atoms. The van der Waals surface area contributed by atoms with Gasteiger partial charge in [-0.15, -0.1) is 11.3 Å². The van der Waals surface area contributed by atoms with Gasteiger partial charge in [0.2, 0.25) is 0 Å². The molecule has 1 nitrogen and oxygen atoms in total. The number of aryl methyl sites for hydroxylation is 1. The minimum atomic E-state index is 0.403. The Kier molecular flexibility index (Phi) is 5.03. The lowest BCUT2D eigenvalue weighted by Crippen LogP contribution is -2.24. The summed E-state index contributed by atoms with van der Waals surface area (Å²) in [7, 11) is 0. The van der Waals surface area contributed by atoms with Crippen molar-refractivity contribution in [3.05, 3.63) is 56.7 Å². The lowest BCUT2D eigenvalue weighted by molar-refractivity contribution is 0.416. The zero-order valence-electron chi connectivity index (χ0n) is 11.6. The Hall–Kier alpha value is -0.830. The highest BCUT2D eigenvalue weighted by Gasteiger charge is 2.16. The fourth-order valence-corrected chi connectivity index (χ4v) is 3.28. The SMILES string of the molecule is Cc1ccc(CNC(c2cccs2)C(C)C)cc1Cl. The molecule has 102 valence electrons. The molecule has 0 bridgehead atoms. The molecule has 2 aromatic rings. The molecule has 19 heavy (non-hydrogen) atoms. The van der Waals surface area contributed by atoms with E-state index in [1.807, 2.05) is 18.3 Å². The Morgan fingerprint density at radius 1 is 1.26 bits per heavy atom. The first-order valence-corrected chi connectivity index (χ1v) is 7.85. The summed E-state index contributed by atoms with van der Waals surface area (Å²) in [6.45, 7) is 7.38. The van der Waals surface area contributed by atoms with E-state index in [-0.39, 0.29) is 0 Å². The van der Waals surface area contributed by atoms with Crippen LogP contribution in [-0.2, 0) is 6.54 Å². The van der Waals surface area contributed by atoms with Crippen molar-refractivity contribution < 1.29 is 0 Å². The molecule has 0 radical (unpaired) electrons. The maximum atomic E-state index is 6.17. The first-order chi connectivity index (χ1) is 9.08. The Bertz CT molecular complexity index is 520. The van der Waals surface area contributed by atoms with Crippen LogP contribution < -0.4 is 5.32 Å². The second-order valence-electron chi connectivity index (χ2n) is 5.20. The van der Waals surface area contributed by atoms with Crippen LogP contribution in [0.25, 0.3) is 0 Å². The maximum absolute atomic E-state index is 6.17. The Morgan fingerprint density at radius 3 is 2.63 bits per heavy atom. The van der Waals surface area contributed by atoms with E-state index in [0.29, 0.717) is 12.0 Å². The van der Waals surface area contributed by atoms with Gasteiger partial charge >= 0.3 is 0 Å². The van der Waals surface area contributed by atoms with Crippen molar-refractivity contribution in [3.63, 3.8) is 0 Å². The van der Waals surface area contributed by atoms with Crippen LogP contribution >= 0.6 is 22.9 Å². The van der Waals surface area contributed by atoms with E-state index in [1.165, 1.54) is 10.4 Å². The monoisotopic (exact) mass is 293 g/mol. The number of thiophene rings is 1. The molecular weight excluding hydrogens is 274 g/mol. The summed E-state index contributed by atoms with van der Waals surface area (Å²) < 4.78 is 0. The average molecular weight is 294 g/mol. The smallest absolute Gasteiger partial charge is 0.0440 e. The first-order valence-electron chi connectivity index (χ1n) is 6.59. The molecule has 1 aromatic heterocycles. The summed E-state index contributed by atoms with van der Waals surface area (Å²) in [4.78, 5) is 1.40. The van der Waals surface area contributed by atoms with Crippen LogP contribution in [0.3, 0.4) is 0 Å². The van der Waals surface area contributed by atoms with E-state index in [9.17, 15) is 0 Å². The number of hydrogen-bond acceptors (Lipinski definition) is 2. The van der Waals surface area contributed by atoms with Crippen molar-refractivity contribution >= 4 is 22.9 Å². The number of hydrogen-bond donors (Lipinski definition) is 1. The van der Waals surface area contributed by atoms with Gasteiger partial charge in [-0.3, -0.25) is 0 Å². The molecule has 0 saturated carbocycles. The lowest BCUT2D eigenvalue weighted by atomic mass is 10.0. The standard InChI is InChI=1S/C16H20ClNS/c1-11(2)16(15-5-4-8-19-15)18-10-13-7-6-12(3)14(17)9-13/h4-9,11,16,18H,10H2,1-3H3. The molecule has 1 N–H and O–H groups in total. The Balaban J connectivity index is 2.05. The van der Waals surface area contributed by atoms with Crippen LogP contribution in [0.2, 0.25) is 5.02 Å². The molecule has 2 rings (SSSR count). The zero-order chi connectivity index (χ0) is 13.8. The van der Waals surface area contributed by atoms with Gasteiger partial charge in [0.25, 0.3) is 0 Å². The van der Waals surface area contributed by atoms with Gasteiger partial charge in [-0.25, -0.2) is 0 Å². The van der Waals surface area contributed by atoms with Crippen molar-refractivity contribution in [3.8, 4) is 0 Å². The molecule has 1 aromatic carbocycles. The molecule has 0 aliphatic rings. The third kappa shape index (κ3) is 3.82. The average Bonchev–Trinajstić information content (AvgIpc) is 2.87. The number of nitrogens with one attached hydrogen (secondary N) is 1. The van der Waals surface area contributed by atoms with Gasteiger partial charge in [0.15, 0.2) is 0 Å². The van der Waals surface area contributed by atoms with E-state index >= 15 is 0 Å². The third-order valence-electron chi connectivity index (χ3n) is 3.28. The largest absolute Gasteiger partial charge is 0.305 e. The molecular formula is C16H20ClNS. The second-order valence-corrected chi connectivity index (χ2v) is 6.59. The van der Waals surface area contributed by atoms with Crippen LogP contribution in [0.15, 0.2) is 35.7 Å². The molecule has 1 unspecified atom stereocenters. The second kappa shape index (κ2) is 6.56.